The molecule has 0 radical (unpaired) electrons. The Kier molecular flexibility index (Phi) is 3.26. The minimum absolute atomic E-state index is 0.116. The fourth-order valence-corrected chi connectivity index (χ4v) is 2.78. The van der Waals surface area contributed by atoms with Gasteiger partial charge in [-0.15, -0.1) is 0 Å². The van der Waals surface area contributed by atoms with Gasteiger partial charge in [0.05, 0.1) is 6.04 Å². The van der Waals surface area contributed by atoms with Gasteiger partial charge in [-0.05, 0) is 39.3 Å². The van der Waals surface area contributed by atoms with Crippen molar-refractivity contribution in [1.82, 2.24) is 9.80 Å². The van der Waals surface area contributed by atoms with Gasteiger partial charge in [0.1, 0.15) is 5.84 Å². The van der Waals surface area contributed by atoms with Crippen molar-refractivity contribution in [3.05, 3.63) is 0 Å². The zero-order chi connectivity index (χ0) is 10.8. The molecule has 4 heteroatoms. The lowest BCUT2D eigenvalue weighted by molar-refractivity contribution is 0.208. The van der Waals surface area contributed by atoms with Crippen molar-refractivity contribution in [2.45, 2.75) is 38.3 Å². The van der Waals surface area contributed by atoms with Crippen molar-refractivity contribution in [1.29, 1.82) is 5.41 Å². The van der Waals surface area contributed by atoms with Crippen LogP contribution in [-0.2, 0) is 0 Å². The van der Waals surface area contributed by atoms with Crippen LogP contribution in [0.15, 0.2) is 0 Å². The maximum Gasteiger partial charge on any atom is 0.108 e. The Morgan fingerprint density at radius 1 is 1.33 bits per heavy atom. The predicted molar refractivity (Wildman–Crippen MR) is 62.2 cm³/mol. The lowest BCUT2D eigenvalue weighted by Gasteiger charge is -2.29. The summed E-state index contributed by atoms with van der Waals surface area (Å²) in [5, 5.41) is 7.52. The third-order valence-electron chi connectivity index (χ3n) is 3.83. The third-order valence-corrected chi connectivity index (χ3v) is 3.83. The Morgan fingerprint density at radius 3 is 2.80 bits per heavy atom. The fourth-order valence-electron chi connectivity index (χ4n) is 2.78. The van der Waals surface area contributed by atoms with Gasteiger partial charge in [-0.25, -0.2) is 0 Å². The highest BCUT2D eigenvalue weighted by Crippen LogP contribution is 2.22. The first-order valence-electron chi connectivity index (χ1n) is 6.00. The van der Waals surface area contributed by atoms with E-state index in [1.165, 1.54) is 32.4 Å². The second kappa shape index (κ2) is 4.49. The number of nitrogens with two attached hydrogens (primary N) is 1. The molecule has 4 nitrogen and oxygen atoms in total. The zero-order valence-corrected chi connectivity index (χ0v) is 9.58. The Morgan fingerprint density at radius 2 is 2.07 bits per heavy atom. The molecule has 2 aliphatic heterocycles. The van der Waals surface area contributed by atoms with E-state index in [2.05, 4.69) is 9.80 Å². The van der Waals surface area contributed by atoms with Crippen LogP contribution >= 0.6 is 0 Å². The highest BCUT2D eigenvalue weighted by atomic mass is 15.3. The number of rotatable bonds is 2. The Balaban J connectivity index is 1.99. The van der Waals surface area contributed by atoms with E-state index in [4.69, 9.17) is 11.1 Å². The lowest BCUT2D eigenvalue weighted by Crippen LogP contribution is -2.46. The van der Waals surface area contributed by atoms with Crippen molar-refractivity contribution in [2.24, 2.45) is 5.73 Å². The summed E-state index contributed by atoms with van der Waals surface area (Å²) < 4.78 is 0. The molecule has 0 spiro atoms. The van der Waals surface area contributed by atoms with E-state index in [1.54, 1.807) is 0 Å². The van der Waals surface area contributed by atoms with Gasteiger partial charge in [-0.3, -0.25) is 15.2 Å². The maximum atomic E-state index is 7.52. The molecule has 15 heavy (non-hydrogen) atoms. The second-order valence-electron chi connectivity index (χ2n) is 4.81. The first kappa shape index (κ1) is 10.9. The van der Waals surface area contributed by atoms with Crippen LogP contribution in [0.25, 0.3) is 0 Å². The lowest BCUT2D eigenvalue weighted by atomic mass is 10.2. The molecule has 0 amide bonds. The summed E-state index contributed by atoms with van der Waals surface area (Å²) in [6.07, 6.45) is 3.88. The molecule has 0 bridgehead atoms. The van der Waals surface area contributed by atoms with Crippen LogP contribution in [-0.4, -0.2) is 53.9 Å². The second-order valence-corrected chi connectivity index (χ2v) is 4.81. The van der Waals surface area contributed by atoms with Crippen LogP contribution in [0.5, 0.6) is 0 Å². The number of nitrogens with zero attached hydrogens (tertiary/aromatic N) is 2. The number of nitrogens with one attached hydrogen (secondary N) is 1. The minimum Gasteiger partial charge on any atom is -0.386 e. The summed E-state index contributed by atoms with van der Waals surface area (Å²) in [4.78, 5) is 4.98. The van der Waals surface area contributed by atoms with Crippen LogP contribution in [0.4, 0.5) is 0 Å². The summed E-state index contributed by atoms with van der Waals surface area (Å²) in [5.74, 6) is 0.307. The first-order valence-corrected chi connectivity index (χ1v) is 6.00. The van der Waals surface area contributed by atoms with E-state index in [9.17, 15) is 0 Å². The van der Waals surface area contributed by atoms with Gasteiger partial charge in [0.2, 0.25) is 0 Å². The topological polar surface area (TPSA) is 56.4 Å². The van der Waals surface area contributed by atoms with E-state index >= 15 is 0 Å². The predicted octanol–water partition coefficient (Wildman–Crippen LogP) is 0.481. The largest absolute Gasteiger partial charge is 0.386 e. The van der Waals surface area contributed by atoms with E-state index < -0.39 is 0 Å². The van der Waals surface area contributed by atoms with Gasteiger partial charge >= 0.3 is 0 Å². The molecule has 0 aliphatic carbocycles. The summed E-state index contributed by atoms with van der Waals surface area (Å²) in [6.45, 7) is 6.74. The summed E-state index contributed by atoms with van der Waals surface area (Å²) in [5.41, 5.74) is 5.58. The SMILES string of the molecule is CC(C(=N)N)N1CCCN2CCCC2C1. The Bertz CT molecular complexity index is 241. The maximum absolute atomic E-state index is 7.52. The Hall–Kier alpha value is -0.610. The molecule has 2 rings (SSSR count). The molecular formula is C11H22N4. The number of hydrogen-bond acceptors (Lipinski definition) is 3. The van der Waals surface area contributed by atoms with Crippen LogP contribution < -0.4 is 5.73 Å². The minimum atomic E-state index is 0.116. The normalized spacial score (nSPS) is 30.9. The molecule has 86 valence electrons. The zero-order valence-electron chi connectivity index (χ0n) is 9.58. The molecule has 2 aliphatic rings. The van der Waals surface area contributed by atoms with Gasteiger partial charge in [-0.2, -0.15) is 0 Å². The van der Waals surface area contributed by atoms with E-state index in [0.29, 0.717) is 11.9 Å². The summed E-state index contributed by atoms with van der Waals surface area (Å²) in [6, 6.07) is 0.833. The summed E-state index contributed by atoms with van der Waals surface area (Å²) in [7, 11) is 0. The van der Waals surface area contributed by atoms with Gasteiger partial charge in [0.15, 0.2) is 0 Å². The van der Waals surface area contributed by atoms with E-state index in [-0.39, 0.29) is 6.04 Å². The van der Waals surface area contributed by atoms with E-state index in [0.717, 1.165) is 13.1 Å². The van der Waals surface area contributed by atoms with Gasteiger partial charge in [0, 0.05) is 19.1 Å². The molecule has 0 aromatic heterocycles. The van der Waals surface area contributed by atoms with Crippen LogP contribution in [0.1, 0.15) is 26.2 Å². The molecule has 2 saturated heterocycles. The van der Waals surface area contributed by atoms with Crippen molar-refractivity contribution in [3.8, 4) is 0 Å². The molecule has 2 heterocycles. The molecule has 0 saturated carbocycles. The molecule has 0 aromatic rings. The average Bonchev–Trinajstić information content (AvgIpc) is 2.54. The van der Waals surface area contributed by atoms with Crippen LogP contribution in [0.3, 0.4) is 0 Å². The highest BCUT2D eigenvalue weighted by molar-refractivity contribution is 5.82. The average molecular weight is 210 g/mol. The van der Waals surface area contributed by atoms with Crippen molar-refractivity contribution in [3.63, 3.8) is 0 Å². The standard InChI is InChI=1S/C11H22N4/c1-9(11(12)13)15-7-3-6-14-5-2-4-10(14)8-15/h9-10H,2-8H2,1H3,(H3,12,13). The molecule has 2 unspecified atom stereocenters. The monoisotopic (exact) mass is 210 g/mol. The van der Waals surface area contributed by atoms with E-state index in [1.807, 2.05) is 6.92 Å². The molecule has 3 N–H and O–H groups in total. The van der Waals surface area contributed by atoms with Gasteiger partial charge < -0.3 is 5.73 Å². The highest BCUT2D eigenvalue weighted by Gasteiger charge is 2.30. The van der Waals surface area contributed by atoms with Crippen LogP contribution in [0, 0.1) is 5.41 Å². The van der Waals surface area contributed by atoms with Crippen LogP contribution in [0.2, 0.25) is 0 Å². The third kappa shape index (κ3) is 2.32. The molecular weight excluding hydrogens is 188 g/mol. The Labute approximate surface area is 91.9 Å². The van der Waals surface area contributed by atoms with Crippen molar-refractivity contribution in [2.75, 3.05) is 26.2 Å². The first-order chi connectivity index (χ1) is 7.18. The number of amidine groups is 1. The fraction of sp³-hybridized carbons (Fsp3) is 0.909. The quantitative estimate of drug-likeness (QED) is 0.515. The smallest absolute Gasteiger partial charge is 0.108 e. The van der Waals surface area contributed by atoms with Crippen molar-refractivity contribution >= 4 is 5.84 Å². The molecule has 2 atom stereocenters. The number of fused-ring (bicyclic) bond motifs is 1. The van der Waals surface area contributed by atoms with Gasteiger partial charge in [-0.1, -0.05) is 0 Å². The summed E-state index contributed by atoms with van der Waals surface area (Å²) >= 11 is 0. The molecule has 2 fully saturated rings. The number of hydrogen-bond donors (Lipinski definition) is 2. The van der Waals surface area contributed by atoms with Crippen molar-refractivity contribution < 1.29 is 0 Å². The van der Waals surface area contributed by atoms with Gasteiger partial charge in [0.25, 0.3) is 0 Å². The molecule has 0 aromatic carbocycles.